The van der Waals surface area contributed by atoms with Crippen molar-refractivity contribution in [2.75, 3.05) is 24.5 Å². The van der Waals surface area contributed by atoms with Gasteiger partial charge in [0.25, 0.3) is 0 Å². The Balaban J connectivity index is 1.54. The molecule has 31 heavy (non-hydrogen) atoms. The zero-order valence-electron chi connectivity index (χ0n) is 18.3. The molecule has 4 rings (SSSR count). The minimum atomic E-state index is -0.517. The minimum absolute atomic E-state index is 0.0426. The number of benzene rings is 1. The highest BCUT2D eigenvalue weighted by molar-refractivity contribution is 6.30. The number of halogens is 1. The zero-order valence-corrected chi connectivity index (χ0v) is 19.1. The number of amides is 1. The molecule has 2 saturated heterocycles. The predicted octanol–water partition coefficient (Wildman–Crippen LogP) is 4.04. The van der Waals surface area contributed by atoms with Crippen molar-refractivity contribution < 1.29 is 14.6 Å². The van der Waals surface area contributed by atoms with E-state index in [4.69, 9.17) is 16.3 Å². The number of likely N-dealkylation sites (tertiary alicyclic amines) is 1. The molecule has 0 bridgehead atoms. The highest BCUT2D eigenvalue weighted by Crippen LogP contribution is 2.36. The van der Waals surface area contributed by atoms with E-state index >= 15 is 0 Å². The van der Waals surface area contributed by atoms with E-state index < -0.39 is 5.60 Å². The lowest BCUT2D eigenvalue weighted by atomic mass is 9.92. The van der Waals surface area contributed by atoms with Crippen LogP contribution in [0.15, 0.2) is 18.2 Å². The van der Waals surface area contributed by atoms with E-state index in [1.54, 1.807) is 17.0 Å². The third-order valence-electron chi connectivity index (χ3n) is 5.84. The Morgan fingerprint density at radius 2 is 1.97 bits per heavy atom. The number of aryl methyl sites for hydroxylation is 1. The second-order valence-corrected chi connectivity index (χ2v) is 9.67. The molecule has 0 radical (unpaired) electrons. The molecule has 1 amide bonds. The normalized spacial score (nSPS) is 21.2. The van der Waals surface area contributed by atoms with Crippen LogP contribution in [0, 0.1) is 12.8 Å². The van der Waals surface area contributed by atoms with Gasteiger partial charge < -0.3 is 19.6 Å². The molecular formula is C22H28ClN5O3. The standard InChI is InChI=1S/C22H28ClN5O3/c1-13-19(16-6-5-15(23)11-18(16)29)25-26-20(24-13)28-10-8-14-7-9-27(12-17(14)28)21(30)31-22(2,3)4/h5-6,11,14,17,29H,7-10,12H2,1-4H3/t14-,17-/m0/s1. The van der Waals surface area contributed by atoms with Crippen molar-refractivity contribution in [3.63, 3.8) is 0 Å². The summed E-state index contributed by atoms with van der Waals surface area (Å²) in [6.45, 7) is 9.59. The van der Waals surface area contributed by atoms with Crippen LogP contribution >= 0.6 is 11.6 Å². The van der Waals surface area contributed by atoms with Crippen LogP contribution in [0.4, 0.5) is 10.7 Å². The molecule has 2 aromatic rings. The number of carbonyl (C=O) groups excluding carboxylic acids is 1. The largest absolute Gasteiger partial charge is 0.507 e. The van der Waals surface area contributed by atoms with Gasteiger partial charge in [-0.1, -0.05) is 11.6 Å². The first-order chi connectivity index (χ1) is 14.6. The summed E-state index contributed by atoms with van der Waals surface area (Å²) in [6.07, 6.45) is 1.69. The van der Waals surface area contributed by atoms with Gasteiger partial charge in [0.2, 0.25) is 5.95 Å². The molecule has 166 valence electrons. The number of carbonyl (C=O) groups is 1. The van der Waals surface area contributed by atoms with Crippen molar-refractivity contribution in [3.8, 4) is 17.0 Å². The lowest BCUT2D eigenvalue weighted by Crippen LogP contribution is -2.51. The van der Waals surface area contributed by atoms with Gasteiger partial charge in [0.05, 0.1) is 11.7 Å². The molecule has 0 unspecified atom stereocenters. The molecule has 3 heterocycles. The maximum atomic E-state index is 12.6. The Morgan fingerprint density at radius 1 is 1.23 bits per heavy atom. The molecule has 9 heteroatoms. The van der Waals surface area contributed by atoms with Crippen molar-refractivity contribution in [3.05, 3.63) is 28.9 Å². The van der Waals surface area contributed by atoms with Gasteiger partial charge in [-0.25, -0.2) is 9.78 Å². The summed E-state index contributed by atoms with van der Waals surface area (Å²) < 4.78 is 5.56. The van der Waals surface area contributed by atoms with E-state index in [0.717, 1.165) is 19.4 Å². The van der Waals surface area contributed by atoms with E-state index in [1.807, 2.05) is 27.7 Å². The van der Waals surface area contributed by atoms with Gasteiger partial charge in [0, 0.05) is 30.2 Å². The third kappa shape index (κ3) is 4.54. The number of nitrogens with zero attached hydrogens (tertiary/aromatic N) is 5. The van der Waals surface area contributed by atoms with Crippen LogP contribution in [0.1, 0.15) is 39.3 Å². The first-order valence-corrected chi connectivity index (χ1v) is 10.9. The zero-order chi connectivity index (χ0) is 22.3. The van der Waals surface area contributed by atoms with Crippen LogP contribution in [-0.4, -0.2) is 62.6 Å². The molecule has 0 spiro atoms. The summed E-state index contributed by atoms with van der Waals surface area (Å²) in [7, 11) is 0. The van der Waals surface area contributed by atoms with Gasteiger partial charge in [-0.15, -0.1) is 10.2 Å². The van der Waals surface area contributed by atoms with Crippen molar-refractivity contribution in [2.45, 2.75) is 52.2 Å². The second-order valence-electron chi connectivity index (χ2n) is 9.23. The summed E-state index contributed by atoms with van der Waals surface area (Å²) >= 11 is 5.93. The fourth-order valence-corrected chi connectivity index (χ4v) is 4.52. The number of aromatic hydroxyl groups is 1. The molecule has 2 atom stereocenters. The summed E-state index contributed by atoms with van der Waals surface area (Å²) in [4.78, 5) is 21.2. The van der Waals surface area contributed by atoms with Crippen molar-refractivity contribution in [1.29, 1.82) is 0 Å². The number of fused-ring (bicyclic) bond motifs is 1. The fourth-order valence-electron chi connectivity index (χ4n) is 4.35. The second kappa shape index (κ2) is 8.15. The van der Waals surface area contributed by atoms with Crippen molar-refractivity contribution in [1.82, 2.24) is 20.1 Å². The van der Waals surface area contributed by atoms with Crippen LogP contribution in [0.25, 0.3) is 11.3 Å². The van der Waals surface area contributed by atoms with Crippen LogP contribution in [0.5, 0.6) is 5.75 Å². The monoisotopic (exact) mass is 445 g/mol. The average Bonchev–Trinajstić information content (AvgIpc) is 3.10. The molecule has 1 aromatic carbocycles. The summed E-state index contributed by atoms with van der Waals surface area (Å²) in [5, 5.41) is 19.4. The summed E-state index contributed by atoms with van der Waals surface area (Å²) in [6, 6.07) is 5.02. The number of hydrogen-bond acceptors (Lipinski definition) is 7. The summed E-state index contributed by atoms with van der Waals surface area (Å²) in [5.41, 5.74) is 1.22. The van der Waals surface area contributed by atoms with Gasteiger partial charge in [0.15, 0.2) is 0 Å². The molecule has 2 fully saturated rings. The minimum Gasteiger partial charge on any atom is -0.507 e. The number of ether oxygens (including phenoxy) is 1. The van der Waals surface area contributed by atoms with Gasteiger partial charge in [-0.2, -0.15) is 0 Å². The number of aromatic nitrogens is 3. The summed E-state index contributed by atoms with van der Waals surface area (Å²) in [5.74, 6) is 1.08. The number of piperidine rings is 1. The Labute approximate surface area is 187 Å². The fraction of sp³-hybridized carbons (Fsp3) is 0.545. The molecule has 2 aliphatic heterocycles. The van der Waals surface area contributed by atoms with Crippen LogP contribution in [0.2, 0.25) is 5.02 Å². The van der Waals surface area contributed by atoms with Crippen LogP contribution < -0.4 is 4.90 Å². The van der Waals surface area contributed by atoms with E-state index in [9.17, 15) is 9.90 Å². The lowest BCUT2D eigenvalue weighted by Gasteiger charge is -2.38. The third-order valence-corrected chi connectivity index (χ3v) is 6.07. The Bertz CT molecular complexity index is 994. The molecule has 0 saturated carbocycles. The molecular weight excluding hydrogens is 418 g/mol. The van der Waals surface area contributed by atoms with Gasteiger partial charge in [-0.05, 0) is 64.7 Å². The SMILES string of the molecule is Cc1nc(N2CC[C@@H]3CCN(C(=O)OC(C)(C)C)C[C@@H]32)nnc1-c1ccc(Cl)cc1O. The number of phenolic OH excluding ortho intramolecular Hbond substituents is 1. The van der Waals surface area contributed by atoms with E-state index in [0.29, 0.717) is 46.9 Å². The first-order valence-electron chi connectivity index (χ1n) is 10.6. The first kappa shape index (κ1) is 21.6. The van der Waals surface area contributed by atoms with Crippen LogP contribution in [-0.2, 0) is 4.74 Å². The molecule has 1 aromatic heterocycles. The Hall–Kier alpha value is -2.61. The maximum absolute atomic E-state index is 12.6. The lowest BCUT2D eigenvalue weighted by molar-refractivity contribution is 0.0173. The van der Waals surface area contributed by atoms with Crippen molar-refractivity contribution in [2.24, 2.45) is 5.92 Å². The molecule has 1 N–H and O–H groups in total. The number of rotatable bonds is 2. The van der Waals surface area contributed by atoms with Gasteiger partial charge in [0.1, 0.15) is 17.0 Å². The smallest absolute Gasteiger partial charge is 0.410 e. The maximum Gasteiger partial charge on any atom is 0.410 e. The molecule has 0 aliphatic carbocycles. The number of anilines is 1. The molecule has 8 nitrogen and oxygen atoms in total. The number of hydrogen-bond donors (Lipinski definition) is 1. The van der Waals surface area contributed by atoms with Crippen LogP contribution in [0.3, 0.4) is 0 Å². The van der Waals surface area contributed by atoms with Gasteiger partial charge in [-0.3, -0.25) is 0 Å². The van der Waals surface area contributed by atoms with E-state index in [2.05, 4.69) is 20.1 Å². The highest BCUT2D eigenvalue weighted by atomic mass is 35.5. The van der Waals surface area contributed by atoms with E-state index in [-0.39, 0.29) is 17.9 Å². The molecule has 2 aliphatic rings. The van der Waals surface area contributed by atoms with E-state index in [1.165, 1.54) is 6.07 Å². The predicted molar refractivity (Wildman–Crippen MR) is 118 cm³/mol. The Kier molecular flexibility index (Phi) is 5.68. The number of phenols is 1. The van der Waals surface area contributed by atoms with Gasteiger partial charge >= 0.3 is 6.09 Å². The topological polar surface area (TPSA) is 91.7 Å². The Morgan fingerprint density at radius 3 is 2.65 bits per heavy atom. The average molecular weight is 446 g/mol. The quantitative estimate of drug-likeness (QED) is 0.745. The highest BCUT2D eigenvalue weighted by Gasteiger charge is 2.41. The van der Waals surface area contributed by atoms with Crippen molar-refractivity contribution >= 4 is 23.6 Å².